The van der Waals surface area contributed by atoms with Crippen molar-refractivity contribution < 1.29 is 18.7 Å². The van der Waals surface area contributed by atoms with Crippen LogP contribution in [0.5, 0.6) is 0 Å². The van der Waals surface area contributed by atoms with Crippen LogP contribution in [-0.4, -0.2) is 11.9 Å². The summed E-state index contributed by atoms with van der Waals surface area (Å²) in [5, 5.41) is 0. The minimum atomic E-state index is -0.736. The summed E-state index contributed by atoms with van der Waals surface area (Å²) < 4.78 is 17.1. The molecule has 70 valence electrons. The van der Waals surface area contributed by atoms with Crippen LogP contribution in [-0.2, 0) is 14.3 Å². The number of ether oxygens (including phenoxy) is 1. The molecule has 0 aromatic heterocycles. The molecule has 0 aliphatic carbocycles. The smallest absolute Gasteiger partial charge is 0.346 e. The number of benzene rings is 1. The van der Waals surface area contributed by atoms with Gasteiger partial charge in [0.05, 0.1) is 5.57 Å². The van der Waals surface area contributed by atoms with Gasteiger partial charge in [0.2, 0.25) is 0 Å². The second-order valence-corrected chi connectivity index (χ2v) is 2.78. The van der Waals surface area contributed by atoms with Crippen molar-refractivity contribution in [2.75, 3.05) is 0 Å². The quantitative estimate of drug-likeness (QED) is 0.497. The van der Waals surface area contributed by atoms with Crippen LogP contribution in [0.2, 0.25) is 0 Å². The fourth-order valence-electron chi connectivity index (χ4n) is 1.21. The third-order valence-corrected chi connectivity index (χ3v) is 1.81. The lowest BCUT2D eigenvalue weighted by Crippen LogP contribution is -2.01. The highest BCUT2D eigenvalue weighted by atomic mass is 19.1. The first-order chi connectivity index (χ1) is 6.66. The molecule has 0 saturated carbocycles. The molecule has 0 bridgehead atoms. The number of halogens is 1. The molecule has 4 heteroatoms. The number of carbonyl (C=O) groups is 2. The Hall–Kier alpha value is -1.97. The number of rotatable bonds is 1. The van der Waals surface area contributed by atoms with Crippen LogP contribution in [0.1, 0.15) is 5.56 Å². The number of hydrogen-bond donors (Lipinski definition) is 0. The average Bonchev–Trinajstić information content (AvgIpc) is 2.45. The number of hydrogen-bond acceptors (Lipinski definition) is 3. The minimum Gasteiger partial charge on any atom is -0.386 e. The van der Waals surface area contributed by atoms with E-state index >= 15 is 0 Å². The minimum absolute atomic E-state index is 0.0921. The zero-order valence-electron chi connectivity index (χ0n) is 6.99. The van der Waals surface area contributed by atoms with E-state index in [2.05, 4.69) is 4.74 Å². The van der Waals surface area contributed by atoms with E-state index in [4.69, 9.17) is 0 Å². The van der Waals surface area contributed by atoms with Gasteiger partial charge in [0.25, 0.3) is 0 Å². The lowest BCUT2D eigenvalue weighted by Gasteiger charge is -1.97. The van der Waals surface area contributed by atoms with Gasteiger partial charge in [-0.2, -0.15) is 0 Å². The molecule has 0 amide bonds. The first-order valence-electron chi connectivity index (χ1n) is 3.90. The summed E-state index contributed by atoms with van der Waals surface area (Å²) in [4.78, 5) is 21.8. The van der Waals surface area contributed by atoms with Gasteiger partial charge in [-0.15, -0.1) is 0 Å². The second kappa shape index (κ2) is 3.06. The summed E-state index contributed by atoms with van der Waals surface area (Å²) >= 11 is 0. The molecular formula is C10H5FO3. The van der Waals surface area contributed by atoms with Gasteiger partial charge in [-0.1, -0.05) is 12.1 Å². The van der Waals surface area contributed by atoms with Gasteiger partial charge < -0.3 is 4.74 Å². The SMILES string of the molecule is O=C1C=C(c2cccc(F)c2)C(=O)O1. The van der Waals surface area contributed by atoms with Gasteiger partial charge in [-0.3, -0.25) is 0 Å². The Balaban J connectivity index is 2.45. The predicted molar refractivity (Wildman–Crippen MR) is 45.5 cm³/mol. The van der Waals surface area contributed by atoms with E-state index in [-0.39, 0.29) is 5.57 Å². The highest BCUT2D eigenvalue weighted by molar-refractivity contribution is 6.28. The Bertz CT molecular complexity index is 448. The van der Waals surface area contributed by atoms with Crippen LogP contribution in [0.4, 0.5) is 4.39 Å². The fraction of sp³-hybridized carbons (Fsp3) is 0. The Morgan fingerprint density at radius 1 is 1.21 bits per heavy atom. The van der Waals surface area contributed by atoms with Gasteiger partial charge >= 0.3 is 11.9 Å². The molecule has 0 saturated heterocycles. The fourth-order valence-corrected chi connectivity index (χ4v) is 1.21. The van der Waals surface area contributed by atoms with E-state index in [9.17, 15) is 14.0 Å². The largest absolute Gasteiger partial charge is 0.386 e. The topological polar surface area (TPSA) is 43.4 Å². The van der Waals surface area contributed by atoms with E-state index in [0.29, 0.717) is 5.56 Å². The highest BCUT2D eigenvalue weighted by Crippen LogP contribution is 2.21. The molecule has 14 heavy (non-hydrogen) atoms. The molecule has 1 aromatic rings. The van der Waals surface area contributed by atoms with Crippen molar-refractivity contribution in [3.63, 3.8) is 0 Å². The van der Waals surface area contributed by atoms with E-state index in [1.54, 1.807) is 0 Å². The number of carbonyl (C=O) groups excluding carboxylic acids is 2. The highest BCUT2D eigenvalue weighted by Gasteiger charge is 2.24. The lowest BCUT2D eigenvalue weighted by atomic mass is 10.1. The van der Waals surface area contributed by atoms with Crippen molar-refractivity contribution in [1.29, 1.82) is 0 Å². The summed E-state index contributed by atoms with van der Waals surface area (Å²) in [5.41, 5.74) is 0.440. The third kappa shape index (κ3) is 1.42. The van der Waals surface area contributed by atoms with Crippen molar-refractivity contribution in [3.8, 4) is 0 Å². The zero-order valence-corrected chi connectivity index (χ0v) is 6.99. The van der Waals surface area contributed by atoms with Gasteiger partial charge in [0, 0.05) is 6.08 Å². The Labute approximate surface area is 78.8 Å². The van der Waals surface area contributed by atoms with E-state index < -0.39 is 17.8 Å². The maximum absolute atomic E-state index is 12.8. The average molecular weight is 192 g/mol. The van der Waals surface area contributed by atoms with Crippen molar-refractivity contribution >= 4 is 17.5 Å². The maximum Gasteiger partial charge on any atom is 0.346 e. The standard InChI is InChI=1S/C10H5FO3/c11-7-3-1-2-6(4-7)8-5-9(12)14-10(8)13/h1-5H. The van der Waals surface area contributed by atoms with Gasteiger partial charge in [-0.05, 0) is 17.7 Å². The van der Waals surface area contributed by atoms with Crippen LogP contribution < -0.4 is 0 Å². The molecule has 2 rings (SSSR count). The number of esters is 2. The molecule has 0 fully saturated rings. The van der Waals surface area contributed by atoms with Crippen molar-refractivity contribution in [3.05, 3.63) is 41.7 Å². The molecule has 1 aliphatic rings. The monoisotopic (exact) mass is 192 g/mol. The Kier molecular flexibility index (Phi) is 1.89. The van der Waals surface area contributed by atoms with Gasteiger partial charge in [0.1, 0.15) is 5.82 Å². The second-order valence-electron chi connectivity index (χ2n) is 2.78. The maximum atomic E-state index is 12.8. The third-order valence-electron chi connectivity index (χ3n) is 1.81. The molecule has 0 spiro atoms. The molecule has 1 aliphatic heterocycles. The zero-order chi connectivity index (χ0) is 10.1. The van der Waals surface area contributed by atoms with Crippen LogP contribution in [0, 0.1) is 5.82 Å². The molecule has 1 heterocycles. The summed E-state index contributed by atoms with van der Waals surface area (Å²) in [6.45, 7) is 0. The molecule has 0 atom stereocenters. The molecule has 0 radical (unpaired) electrons. The van der Waals surface area contributed by atoms with E-state index in [1.807, 2.05) is 0 Å². The van der Waals surface area contributed by atoms with Crippen LogP contribution in [0.25, 0.3) is 5.57 Å². The molecule has 0 N–H and O–H groups in total. The lowest BCUT2D eigenvalue weighted by molar-refractivity contribution is -0.149. The molecular weight excluding hydrogens is 187 g/mol. The van der Waals surface area contributed by atoms with Crippen molar-refractivity contribution in [2.24, 2.45) is 0 Å². The van der Waals surface area contributed by atoms with Crippen molar-refractivity contribution in [2.45, 2.75) is 0 Å². The van der Waals surface area contributed by atoms with E-state index in [1.165, 1.54) is 24.3 Å². The molecule has 1 aromatic carbocycles. The molecule has 0 unspecified atom stereocenters. The Morgan fingerprint density at radius 3 is 2.57 bits per heavy atom. The summed E-state index contributed by atoms with van der Waals surface area (Å²) in [6, 6.07) is 5.42. The summed E-state index contributed by atoms with van der Waals surface area (Å²) in [6.07, 6.45) is 1.05. The molecule has 3 nitrogen and oxygen atoms in total. The predicted octanol–water partition coefficient (Wildman–Crippen LogP) is 1.29. The number of cyclic esters (lactones) is 2. The van der Waals surface area contributed by atoms with Crippen molar-refractivity contribution in [1.82, 2.24) is 0 Å². The van der Waals surface area contributed by atoms with Gasteiger partial charge in [-0.25, -0.2) is 14.0 Å². The normalized spacial score (nSPS) is 15.4. The first kappa shape index (κ1) is 8.62. The van der Waals surface area contributed by atoms with Crippen LogP contribution in [0.3, 0.4) is 0 Å². The Morgan fingerprint density at radius 2 is 2.00 bits per heavy atom. The van der Waals surface area contributed by atoms with Crippen LogP contribution in [0.15, 0.2) is 30.3 Å². The van der Waals surface area contributed by atoms with E-state index in [0.717, 1.165) is 6.08 Å². The first-order valence-corrected chi connectivity index (χ1v) is 3.90. The van der Waals surface area contributed by atoms with Gasteiger partial charge in [0.15, 0.2) is 0 Å². The van der Waals surface area contributed by atoms with Crippen LogP contribution >= 0.6 is 0 Å². The summed E-state index contributed by atoms with van der Waals surface area (Å²) in [5.74, 6) is -1.91. The summed E-state index contributed by atoms with van der Waals surface area (Å²) in [7, 11) is 0.